The summed E-state index contributed by atoms with van der Waals surface area (Å²) in [4.78, 5) is 26.7. The van der Waals surface area contributed by atoms with Gasteiger partial charge in [0.25, 0.3) is 5.91 Å². The Bertz CT molecular complexity index is 1230. The lowest BCUT2D eigenvalue weighted by molar-refractivity contribution is 0.0183. The molecule has 8 heteroatoms. The number of nitrogens with zero attached hydrogens (tertiary/aromatic N) is 1. The van der Waals surface area contributed by atoms with Crippen LogP contribution in [-0.2, 0) is 11.2 Å². The van der Waals surface area contributed by atoms with Crippen LogP contribution in [-0.4, -0.2) is 42.1 Å². The van der Waals surface area contributed by atoms with Crippen LogP contribution < -0.4 is 5.32 Å². The number of piperidine rings is 1. The zero-order chi connectivity index (χ0) is 26.0. The lowest BCUT2D eigenvalue weighted by Crippen LogP contribution is -2.43. The van der Waals surface area contributed by atoms with Crippen LogP contribution in [0.15, 0.2) is 39.2 Å². The molecule has 1 aromatic carbocycles. The molecule has 0 saturated carbocycles. The Morgan fingerprint density at radius 3 is 2.53 bits per heavy atom. The Balaban J connectivity index is 1.31. The minimum atomic E-state index is -0.502. The molecule has 3 heterocycles. The Labute approximate surface area is 217 Å². The topological polar surface area (TPSA) is 84.9 Å². The highest BCUT2D eigenvalue weighted by Gasteiger charge is 2.27. The van der Waals surface area contributed by atoms with E-state index in [2.05, 4.69) is 19.2 Å². The van der Waals surface area contributed by atoms with Crippen molar-refractivity contribution >= 4 is 34.6 Å². The third-order valence-corrected chi connectivity index (χ3v) is 6.53. The van der Waals surface area contributed by atoms with Crippen molar-refractivity contribution in [3.8, 4) is 0 Å². The molecule has 0 spiro atoms. The number of benzene rings is 1. The number of amides is 2. The van der Waals surface area contributed by atoms with E-state index in [1.807, 2.05) is 45.0 Å². The van der Waals surface area contributed by atoms with Gasteiger partial charge in [0.05, 0.1) is 0 Å². The molecule has 0 radical (unpaired) electrons. The summed E-state index contributed by atoms with van der Waals surface area (Å²) in [5, 5.41) is 4.57. The summed E-state index contributed by atoms with van der Waals surface area (Å²) in [6.07, 6.45) is 1.82. The van der Waals surface area contributed by atoms with E-state index in [0.717, 1.165) is 35.1 Å². The molecule has 7 nitrogen and oxygen atoms in total. The van der Waals surface area contributed by atoms with Gasteiger partial charge in [-0.2, -0.15) is 0 Å². The number of hydrogen-bond donors (Lipinski definition) is 1. The van der Waals surface area contributed by atoms with E-state index in [0.29, 0.717) is 42.8 Å². The van der Waals surface area contributed by atoms with Crippen LogP contribution in [0.2, 0.25) is 5.02 Å². The first-order valence-electron chi connectivity index (χ1n) is 12.5. The lowest BCUT2D eigenvalue weighted by Gasteiger charge is -2.33. The van der Waals surface area contributed by atoms with Gasteiger partial charge in [-0.3, -0.25) is 4.79 Å². The maximum absolute atomic E-state index is 12.7. The van der Waals surface area contributed by atoms with Crippen molar-refractivity contribution in [1.29, 1.82) is 0 Å². The predicted molar refractivity (Wildman–Crippen MR) is 140 cm³/mol. The van der Waals surface area contributed by atoms with Crippen molar-refractivity contribution in [2.45, 2.75) is 65.4 Å². The van der Waals surface area contributed by atoms with Gasteiger partial charge in [0, 0.05) is 47.9 Å². The maximum atomic E-state index is 12.7. The summed E-state index contributed by atoms with van der Waals surface area (Å²) in [5.41, 5.74) is 1.21. The zero-order valence-corrected chi connectivity index (χ0v) is 22.4. The van der Waals surface area contributed by atoms with E-state index >= 15 is 0 Å². The largest absolute Gasteiger partial charge is 0.461 e. The predicted octanol–water partition coefficient (Wildman–Crippen LogP) is 6.77. The summed E-state index contributed by atoms with van der Waals surface area (Å²) >= 11 is 6.34. The maximum Gasteiger partial charge on any atom is 0.410 e. The molecule has 0 bridgehead atoms. The highest BCUT2D eigenvalue weighted by molar-refractivity contribution is 6.31. The minimum Gasteiger partial charge on any atom is -0.461 e. The molecule has 0 atom stereocenters. The molecule has 4 rings (SSSR count). The van der Waals surface area contributed by atoms with Gasteiger partial charge >= 0.3 is 6.09 Å². The highest BCUT2D eigenvalue weighted by atomic mass is 35.5. The Morgan fingerprint density at radius 1 is 1.14 bits per heavy atom. The van der Waals surface area contributed by atoms with Crippen LogP contribution in [0.1, 0.15) is 81.0 Å². The monoisotopic (exact) mass is 514 g/mol. The summed E-state index contributed by atoms with van der Waals surface area (Å²) in [7, 11) is 0. The molecule has 1 saturated heterocycles. The van der Waals surface area contributed by atoms with Crippen molar-refractivity contribution in [1.82, 2.24) is 10.2 Å². The Kier molecular flexibility index (Phi) is 7.69. The van der Waals surface area contributed by atoms with Crippen molar-refractivity contribution < 1.29 is 23.2 Å². The number of hydrogen-bond acceptors (Lipinski definition) is 5. The minimum absolute atomic E-state index is 0.243. The average molecular weight is 515 g/mol. The fourth-order valence-corrected chi connectivity index (χ4v) is 4.62. The van der Waals surface area contributed by atoms with Crippen LogP contribution in [0, 0.1) is 5.92 Å². The zero-order valence-electron chi connectivity index (χ0n) is 21.7. The van der Waals surface area contributed by atoms with Gasteiger partial charge in [-0.25, -0.2) is 4.79 Å². The highest BCUT2D eigenvalue weighted by Crippen LogP contribution is 2.32. The number of furan rings is 2. The number of likely N-dealkylation sites (tertiary alicyclic amines) is 1. The van der Waals surface area contributed by atoms with E-state index in [9.17, 15) is 9.59 Å². The summed E-state index contributed by atoms with van der Waals surface area (Å²) in [5.74, 6) is 2.18. The van der Waals surface area contributed by atoms with Gasteiger partial charge < -0.3 is 23.8 Å². The average Bonchev–Trinajstić information content (AvgIpc) is 3.44. The molecule has 0 unspecified atom stereocenters. The van der Waals surface area contributed by atoms with E-state index < -0.39 is 5.60 Å². The van der Waals surface area contributed by atoms with Gasteiger partial charge in [0.1, 0.15) is 22.7 Å². The van der Waals surface area contributed by atoms with Gasteiger partial charge in [-0.05, 0) is 69.9 Å². The number of nitrogens with one attached hydrogen (secondary N) is 1. The summed E-state index contributed by atoms with van der Waals surface area (Å²) < 4.78 is 17.4. The van der Waals surface area contributed by atoms with Gasteiger partial charge in [-0.15, -0.1) is 0 Å². The fourth-order valence-electron chi connectivity index (χ4n) is 4.37. The van der Waals surface area contributed by atoms with Gasteiger partial charge in [0.2, 0.25) is 0 Å². The first-order valence-corrected chi connectivity index (χ1v) is 12.9. The Hall–Kier alpha value is -2.93. The number of ether oxygens (including phenoxy) is 1. The SMILES string of the molecule is CC(C)c1cc2cc(Cl)cc(Cc3ccc(C(=O)NCC4CCN(C(=O)OC(C)(C)C)CC4)o3)c2o1. The van der Waals surface area contributed by atoms with Crippen LogP contribution in [0.25, 0.3) is 11.0 Å². The van der Waals surface area contributed by atoms with E-state index in [-0.39, 0.29) is 23.7 Å². The third kappa shape index (κ3) is 6.44. The molecule has 1 fully saturated rings. The standard InChI is InChI=1S/C28H35ClN2O5/c1-17(2)24-15-20-13-21(29)12-19(25(20)35-24)14-22-6-7-23(34-22)26(32)30-16-18-8-10-31(11-9-18)27(33)36-28(3,4)5/h6-7,12-13,15,17-18H,8-11,14,16H2,1-5H3,(H,30,32). The van der Waals surface area contributed by atoms with Gasteiger partial charge in [-0.1, -0.05) is 25.4 Å². The second-order valence-electron chi connectivity index (χ2n) is 10.9. The first kappa shape index (κ1) is 26.1. The second-order valence-corrected chi connectivity index (χ2v) is 11.3. The molecule has 1 aliphatic heterocycles. The van der Waals surface area contributed by atoms with E-state index in [1.165, 1.54) is 0 Å². The van der Waals surface area contributed by atoms with Crippen LogP contribution in [0.3, 0.4) is 0 Å². The van der Waals surface area contributed by atoms with Gasteiger partial charge in [0.15, 0.2) is 5.76 Å². The molecule has 36 heavy (non-hydrogen) atoms. The lowest BCUT2D eigenvalue weighted by atomic mass is 9.97. The number of fused-ring (bicyclic) bond motifs is 1. The number of carbonyl (C=O) groups excluding carboxylic acids is 2. The quantitative estimate of drug-likeness (QED) is 0.392. The van der Waals surface area contributed by atoms with Crippen LogP contribution >= 0.6 is 11.6 Å². The number of rotatable bonds is 6. The van der Waals surface area contributed by atoms with Crippen molar-refractivity contribution in [3.05, 3.63) is 58.2 Å². The van der Waals surface area contributed by atoms with E-state index in [4.69, 9.17) is 25.2 Å². The summed E-state index contributed by atoms with van der Waals surface area (Å²) in [6, 6.07) is 9.30. The second kappa shape index (κ2) is 10.6. The fraction of sp³-hybridized carbons (Fsp3) is 0.500. The molecule has 2 amide bonds. The Morgan fingerprint density at radius 2 is 1.86 bits per heavy atom. The van der Waals surface area contributed by atoms with Crippen molar-refractivity contribution in [2.75, 3.05) is 19.6 Å². The van der Waals surface area contributed by atoms with Crippen molar-refractivity contribution in [2.24, 2.45) is 5.92 Å². The molecule has 0 aliphatic carbocycles. The molecule has 1 N–H and O–H groups in total. The molecule has 2 aromatic heterocycles. The van der Waals surface area contributed by atoms with Crippen LogP contribution in [0.4, 0.5) is 4.79 Å². The number of halogens is 1. The van der Waals surface area contributed by atoms with E-state index in [1.54, 1.807) is 11.0 Å². The smallest absolute Gasteiger partial charge is 0.410 e. The van der Waals surface area contributed by atoms with Crippen LogP contribution in [0.5, 0.6) is 0 Å². The van der Waals surface area contributed by atoms with Crippen molar-refractivity contribution in [3.63, 3.8) is 0 Å². The third-order valence-electron chi connectivity index (χ3n) is 6.31. The molecule has 1 aliphatic rings. The molecular formula is C28H35ClN2O5. The molecule has 194 valence electrons. The normalized spacial score (nSPS) is 15.0. The number of carbonyl (C=O) groups is 2. The first-order chi connectivity index (χ1) is 17.0. The molecular weight excluding hydrogens is 480 g/mol. The summed E-state index contributed by atoms with van der Waals surface area (Å²) in [6.45, 7) is 11.5. The molecule has 3 aromatic rings.